The molecular formula is C12H17N3S2. The molecule has 0 aliphatic heterocycles. The maximum Gasteiger partial charge on any atom is 0.195 e. The Bertz CT molecular complexity index is 560. The largest absolute Gasteiger partial charge is 0.298 e. The van der Waals surface area contributed by atoms with Crippen molar-refractivity contribution in [1.82, 2.24) is 14.8 Å². The van der Waals surface area contributed by atoms with Gasteiger partial charge in [0, 0.05) is 21.9 Å². The van der Waals surface area contributed by atoms with Crippen molar-refractivity contribution >= 4 is 23.6 Å². The quantitative estimate of drug-likeness (QED) is 0.838. The number of hydrogen-bond donors (Lipinski definition) is 1. The minimum Gasteiger partial charge on any atom is -0.298 e. The number of nitrogens with one attached hydrogen (secondary N) is 1. The topological polar surface area (TPSA) is 33.6 Å². The van der Waals surface area contributed by atoms with Gasteiger partial charge in [-0.3, -0.25) is 9.67 Å². The van der Waals surface area contributed by atoms with Gasteiger partial charge < -0.3 is 0 Å². The lowest BCUT2D eigenvalue weighted by molar-refractivity contribution is 0.597. The van der Waals surface area contributed by atoms with E-state index in [4.69, 9.17) is 12.2 Å². The summed E-state index contributed by atoms with van der Waals surface area (Å²) in [5, 5.41) is 9.36. The van der Waals surface area contributed by atoms with Crippen LogP contribution in [0.5, 0.6) is 0 Å². The van der Waals surface area contributed by atoms with E-state index < -0.39 is 0 Å². The highest BCUT2D eigenvalue weighted by molar-refractivity contribution is 7.71. The van der Waals surface area contributed by atoms with E-state index in [0.717, 1.165) is 11.4 Å². The predicted molar refractivity (Wildman–Crippen MR) is 75.2 cm³/mol. The number of aromatic nitrogens is 3. The Morgan fingerprint density at radius 3 is 2.59 bits per heavy atom. The van der Waals surface area contributed by atoms with Crippen LogP contribution in [0.1, 0.15) is 44.5 Å². The third-order valence-electron chi connectivity index (χ3n) is 2.67. The number of rotatable bonds is 3. The van der Waals surface area contributed by atoms with Gasteiger partial charge in [0.25, 0.3) is 0 Å². The smallest absolute Gasteiger partial charge is 0.195 e. The molecular weight excluding hydrogens is 250 g/mol. The molecule has 2 aromatic heterocycles. The molecule has 2 heterocycles. The molecule has 0 bridgehead atoms. The van der Waals surface area contributed by atoms with Crippen molar-refractivity contribution in [3.8, 4) is 11.4 Å². The normalized spacial score (nSPS) is 11.6. The van der Waals surface area contributed by atoms with Crippen molar-refractivity contribution in [2.75, 3.05) is 0 Å². The summed E-state index contributed by atoms with van der Waals surface area (Å²) in [4.78, 5) is 1.38. The summed E-state index contributed by atoms with van der Waals surface area (Å²) < 4.78 is 2.74. The van der Waals surface area contributed by atoms with Crippen molar-refractivity contribution in [3.05, 3.63) is 21.1 Å². The Kier molecular flexibility index (Phi) is 3.49. The van der Waals surface area contributed by atoms with E-state index in [9.17, 15) is 0 Å². The van der Waals surface area contributed by atoms with E-state index in [-0.39, 0.29) is 0 Å². The molecule has 0 aliphatic rings. The predicted octanol–water partition coefficient (Wildman–Crippen LogP) is 4.37. The van der Waals surface area contributed by atoms with E-state index in [2.05, 4.69) is 53.9 Å². The molecule has 2 rings (SSSR count). The summed E-state index contributed by atoms with van der Waals surface area (Å²) in [7, 11) is 0. The lowest BCUT2D eigenvalue weighted by Gasteiger charge is -2.08. The second kappa shape index (κ2) is 4.74. The van der Waals surface area contributed by atoms with Gasteiger partial charge in [-0.2, -0.15) is 5.10 Å². The summed E-state index contributed by atoms with van der Waals surface area (Å²) in [5.74, 6) is 1.50. The van der Waals surface area contributed by atoms with Crippen molar-refractivity contribution in [2.24, 2.45) is 0 Å². The van der Waals surface area contributed by atoms with Crippen LogP contribution in [0.25, 0.3) is 11.4 Å². The van der Waals surface area contributed by atoms with Gasteiger partial charge in [0.15, 0.2) is 10.6 Å². The highest BCUT2D eigenvalue weighted by Crippen LogP contribution is 2.30. The van der Waals surface area contributed by atoms with Crippen LogP contribution < -0.4 is 0 Å². The lowest BCUT2D eigenvalue weighted by atomic mass is 10.1. The molecule has 0 aliphatic carbocycles. The maximum absolute atomic E-state index is 5.26. The summed E-state index contributed by atoms with van der Waals surface area (Å²) in [6, 6.07) is 2.53. The number of thiophene rings is 1. The monoisotopic (exact) mass is 267 g/mol. The van der Waals surface area contributed by atoms with E-state index in [1.807, 2.05) is 0 Å². The molecule has 0 saturated heterocycles. The standard InChI is InChI=1S/C12H17N3S2/c1-7(2)10-5-9(6-17-10)11-13-14-12(16)15(11)8(3)4/h5-8H,1-4H3,(H,14,16). The Morgan fingerprint density at radius 2 is 2.06 bits per heavy atom. The third kappa shape index (κ3) is 2.35. The first-order chi connectivity index (χ1) is 8.00. The zero-order valence-corrected chi connectivity index (χ0v) is 12.2. The van der Waals surface area contributed by atoms with E-state index in [0.29, 0.717) is 16.7 Å². The number of aromatic amines is 1. The van der Waals surface area contributed by atoms with Gasteiger partial charge in [0.2, 0.25) is 0 Å². The van der Waals surface area contributed by atoms with Crippen LogP contribution >= 0.6 is 23.6 Å². The van der Waals surface area contributed by atoms with Gasteiger partial charge in [0.05, 0.1) is 0 Å². The molecule has 0 spiro atoms. The molecule has 0 fully saturated rings. The van der Waals surface area contributed by atoms with Crippen LogP contribution in [0, 0.1) is 4.77 Å². The molecule has 17 heavy (non-hydrogen) atoms. The Labute approximate surface area is 111 Å². The van der Waals surface area contributed by atoms with Crippen LogP contribution in [0.4, 0.5) is 0 Å². The number of nitrogens with zero attached hydrogens (tertiary/aromatic N) is 2. The fourth-order valence-electron chi connectivity index (χ4n) is 1.76. The minimum atomic E-state index is 0.318. The van der Waals surface area contributed by atoms with Gasteiger partial charge in [-0.05, 0) is 38.0 Å². The molecule has 2 aromatic rings. The van der Waals surface area contributed by atoms with Gasteiger partial charge in [0.1, 0.15) is 0 Å². The van der Waals surface area contributed by atoms with Gasteiger partial charge in [-0.15, -0.1) is 11.3 Å². The lowest BCUT2D eigenvalue weighted by Crippen LogP contribution is -2.02. The summed E-state index contributed by atoms with van der Waals surface area (Å²) >= 11 is 7.04. The van der Waals surface area contributed by atoms with E-state index in [1.54, 1.807) is 11.3 Å². The van der Waals surface area contributed by atoms with E-state index >= 15 is 0 Å². The second-order valence-corrected chi connectivity index (χ2v) is 6.04. The molecule has 3 nitrogen and oxygen atoms in total. The molecule has 5 heteroatoms. The number of hydrogen-bond acceptors (Lipinski definition) is 3. The third-order valence-corrected chi connectivity index (χ3v) is 4.19. The van der Waals surface area contributed by atoms with Gasteiger partial charge >= 0.3 is 0 Å². The minimum absolute atomic E-state index is 0.318. The van der Waals surface area contributed by atoms with Crippen molar-refractivity contribution < 1.29 is 0 Å². The summed E-state index contributed by atoms with van der Waals surface area (Å²) in [6.07, 6.45) is 0. The molecule has 1 N–H and O–H groups in total. The van der Waals surface area contributed by atoms with Crippen LogP contribution in [0.2, 0.25) is 0 Å². The van der Waals surface area contributed by atoms with E-state index in [1.165, 1.54) is 4.88 Å². The first-order valence-electron chi connectivity index (χ1n) is 5.76. The SMILES string of the molecule is CC(C)c1cc(-c2n[nH]c(=S)n2C(C)C)cs1. The summed E-state index contributed by atoms with van der Waals surface area (Å²) in [5.41, 5.74) is 1.15. The molecule has 0 amide bonds. The average Bonchev–Trinajstić information content (AvgIpc) is 2.82. The maximum atomic E-state index is 5.26. The first-order valence-corrected chi connectivity index (χ1v) is 7.05. The average molecular weight is 267 g/mol. The van der Waals surface area contributed by atoms with Crippen LogP contribution in [0.3, 0.4) is 0 Å². The summed E-state index contributed by atoms with van der Waals surface area (Å²) in [6.45, 7) is 8.64. The van der Waals surface area contributed by atoms with Crippen molar-refractivity contribution in [3.63, 3.8) is 0 Å². The van der Waals surface area contributed by atoms with Crippen molar-refractivity contribution in [1.29, 1.82) is 0 Å². The fourth-order valence-corrected chi connectivity index (χ4v) is 3.01. The fraction of sp³-hybridized carbons (Fsp3) is 0.500. The van der Waals surface area contributed by atoms with Crippen LogP contribution in [0.15, 0.2) is 11.4 Å². The molecule has 0 saturated carbocycles. The molecule has 0 unspecified atom stereocenters. The first kappa shape index (κ1) is 12.5. The molecule has 92 valence electrons. The molecule has 0 radical (unpaired) electrons. The van der Waals surface area contributed by atoms with Crippen molar-refractivity contribution in [2.45, 2.75) is 39.7 Å². The number of H-pyrrole nitrogens is 1. The van der Waals surface area contributed by atoms with Gasteiger partial charge in [-0.25, -0.2) is 0 Å². The Hall–Kier alpha value is -0.940. The highest BCUT2D eigenvalue weighted by atomic mass is 32.1. The zero-order chi connectivity index (χ0) is 12.6. The Morgan fingerprint density at radius 1 is 1.35 bits per heavy atom. The second-order valence-electron chi connectivity index (χ2n) is 4.71. The molecule has 0 aromatic carbocycles. The Balaban J connectivity index is 2.49. The van der Waals surface area contributed by atoms with Crippen LogP contribution in [-0.4, -0.2) is 14.8 Å². The molecule has 0 atom stereocenters. The highest BCUT2D eigenvalue weighted by Gasteiger charge is 2.13. The zero-order valence-electron chi connectivity index (χ0n) is 10.5. The van der Waals surface area contributed by atoms with Gasteiger partial charge in [-0.1, -0.05) is 13.8 Å². The van der Waals surface area contributed by atoms with Crippen LogP contribution in [-0.2, 0) is 0 Å².